The fourth-order valence-electron chi connectivity index (χ4n) is 2.26. The Morgan fingerprint density at radius 3 is 2.74 bits per heavy atom. The zero-order valence-corrected chi connectivity index (χ0v) is 13.5. The number of alkyl halides is 3. The van der Waals surface area contributed by atoms with E-state index in [-0.39, 0.29) is 10.7 Å². The van der Waals surface area contributed by atoms with Gasteiger partial charge < -0.3 is 0 Å². The van der Waals surface area contributed by atoms with Crippen LogP contribution in [0.4, 0.5) is 13.2 Å². The molecular formula is C12H13F3N4O2S2. The average Bonchev–Trinajstić information content (AvgIpc) is 3.08. The van der Waals surface area contributed by atoms with Gasteiger partial charge in [-0.2, -0.15) is 27.2 Å². The number of thiophene rings is 1. The largest absolute Gasteiger partial charge is 0.504 e. The Labute approximate surface area is 134 Å². The van der Waals surface area contributed by atoms with Crippen molar-refractivity contribution in [3.8, 4) is 11.1 Å². The molecule has 0 saturated carbocycles. The molecule has 0 radical (unpaired) electrons. The molecule has 3 heterocycles. The van der Waals surface area contributed by atoms with Gasteiger partial charge in [-0.3, -0.25) is 0 Å². The van der Waals surface area contributed by atoms with E-state index in [1.807, 2.05) is 0 Å². The standard InChI is InChI=1S/C12H13F3N4O2S2/c1-18-3-2-10(17-23(18,20)21)11-4-8(7-22-11)9-5-16-19(6-9)12(13,14)15/h4-7,10,17H,2-3H2,1H3/t10-/m0/s1. The van der Waals surface area contributed by atoms with Gasteiger partial charge in [0.15, 0.2) is 0 Å². The van der Waals surface area contributed by atoms with Crippen molar-refractivity contribution in [2.45, 2.75) is 18.8 Å². The molecule has 1 fully saturated rings. The van der Waals surface area contributed by atoms with Gasteiger partial charge in [0.05, 0.1) is 12.2 Å². The van der Waals surface area contributed by atoms with Crippen molar-refractivity contribution in [2.75, 3.05) is 13.6 Å². The van der Waals surface area contributed by atoms with Gasteiger partial charge in [0.25, 0.3) is 10.2 Å². The van der Waals surface area contributed by atoms with Crippen LogP contribution in [0, 0.1) is 0 Å². The van der Waals surface area contributed by atoms with E-state index in [9.17, 15) is 21.6 Å². The minimum Gasteiger partial charge on any atom is -0.195 e. The van der Waals surface area contributed by atoms with E-state index in [1.165, 1.54) is 22.7 Å². The van der Waals surface area contributed by atoms with E-state index in [0.717, 1.165) is 17.3 Å². The predicted molar refractivity (Wildman–Crippen MR) is 78.9 cm³/mol. The molecule has 2 aromatic rings. The van der Waals surface area contributed by atoms with Gasteiger partial charge in [-0.1, -0.05) is 0 Å². The summed E-state index contributed by atoms with van der Waals surface area (Å²) in [5.41, 5.74) is 0.916. The summed E-state index contributed by atoms with van der Waals surface area (Å²) in [6.07, 6.45) is -1.92. The van der Waals surface area contributed by atoms with E-state index in [4.69, 9.17) is 0 Å². The van der Waals surface area contributed by atoms with Gasteiger partial charge >= 0.3 is 6.30 Å². The summed E-state index contributed by atoms with van der Waals surface area (Å²) in [6, 6.07) is 1.33. The fourth-order valence-corrected chi connectivity index (χ4v) is 4.47. The number of nitrogens with one attached hydrogen (secondary N) is 1. The lowest BCUT2D eigenvalue weighted by Gasteiger charge is -2.29. The summed E-state index contributed by atoms with van der Waals surface area (Å²) in [6.45, 7) is 0.388. The summed E-state index contributed by atoms with van der Waals surface area (Å²) in [7, 11) is -2.01. The van der Waals surface area contributed by atoms with E-state index in [0.29, 0.717) is 24.1 Å². The Morgan fingerprint density at radius 2 is 2.13 bits per heavy atom. The average molecular weight is 366 g/mol. The molecule has 0 aromatic carbocycles. The highest BCUT2D eigenvalue weighted by Crippen LogP contribution is 2.33. The molecular weight excluding hydrogens is 353 g/mol. The summed E-state index contributed by atoms with van der Waals surface area (Å²) in [5.74, 6) is 0. The lowest BCUT2D eigenvalue weighted by molar-refractivity contribution is -0.212. The molecule has 0 unspecified atom stereocenters. The highest BCUT2D eigenvalue weighted by molar-refractivity contribution is 7.87. The second kappa shape index (κ2) is 5.58. The molecule has 126 valence electrons. The second-order valence-corrected chi connectivity index (χ2v) is 7.92. The van der Waals surface area contributed by atoms with Crippen LogP contribution in [-0.4, -0.2) is 36.1 Å². The first-order chi connectivity index (χ1) is 10.7. The Morgan fingerprint density at radius 1 is 1.39 bits per heavy atom. The van der Waals surface area contributed by atoms with Crippen LogP contribution in [0.15, 0.2) is 23.8 Å². The van der Waals surface area contributed by atoms with Gasteiger partial charge in [-0.15, -0.1) is 24.5 Å². The van der Waals surface area contributed by atoms with E-state index in [1.54, 1.807) is 11.4 Å². The first-order valence-corrected chi connectivity index (χ1v) is 8.93. The minimum atomic E-state index is -4.55. The first-order valence-electron chi connectivity index (χ1n) is 6.61. The Bertz CT molecular complexity index is 812. The molecule has 0 bridgehead atoms. The van der Waals surface area contributed by atoms with Gasteiger partial charge in [0.2, 0.25) is 0 Å². The molecule has 0 amide bonds. The van der Waals surface area contributed by atoms with Crippen LogP contribution < -0.4 is 4.72 Å². The molecule has 6 nitrogen and oxygen atoms in total. The highest BCUT2D eigenvalue weighted by atomic mass is 32.2. The molecule has 1 N–H and O–H groups in total. The topological polar surface area (TPSA) is 67.2 Å². The molecule has 2 aromatic heterocycles. The molecule has 11 heteroatoms. The maximum absolute atomic E-state index is 12.6. The summed E-state index contributed by atoms with van der Waals surface area (Å²) in [4.78, 5) is 0.761. The number of rotatable bonds is 2. The normalized spacial score (nSPS) is 22.3. The van der Waals surface area contributed by atoms with Crippen LogP contribution in [0.25, 0.3) is 11.1 Å². The third kappa shape index (κ3) is 3.27. The molecule has 1 atom stereocenters. The maximum Gasteiger partial charge on any atom is 0.504 e. The third-order valence-corrected chi connectivity index (χ3v) is 6.20. The SMILES string of the molecule is CN1CC[C@@H](c2cc(-c3cnn(C(F)(F)F)c3)cs2)NS1(=O)=O. The lowest BCUT2D eigenvalue weighted by atomic mass is 10.1. The monoisotopic (exact) mass is 366 g/mol. The summed E-state index contributed by atoms with van der Waals surface area (Å²) < 4.78 is 65.1. The molecule has 0 aliphatic carbocycles. The molecule has 0 spiro atoms. The van der Waals surface area contributed by atoms with Crippen molar-refractivity contribution in [3.05, 3.63) is 28.7 Å². The number of nitrogens with zero attached hydrogens (tertiary/aromatic N) is 3. The van der Waals surface area contributed by atoms with Crippen LogP contribution in [-0.2, 0) is 16.5 Å². The number of halogens is 3. The van der Waals surface area contributed by atoms with Gasteiger partial charge in [0, 0.05) is 30.2 Å². The zero-order chi connectivity index (χ0) is 16.8. The zero-order valence-electron chi connectivity index (χ0n) is 11.9. The third-order valence-electron chi connectivity index (χ3n) is 3.57. The van der Waals surface area contributed by atoms with Gasteiger partial charge in [-0.05, 0) is 23.4 Å². The minimum absolute atomic E-state index is 0.0576. The van der Waals surface area contributed by atoms with Crippen LogP contribution in [0.3, 0.4) is 0 Å². The number of hydrogen-bond donors (Lipinski definition) is 1. The maximum atomic E-state index is 12.6. The second-order valence-electron chi connectivity index (χ2n) is 5.16. The van der Waals surface area contributed by atoms with Crippen molar-refractivity contribution in [2.24, 2.45) is 0 Å². The van der Waals surface area contributed by atoms with Crippen molar-refractivity contribution in [1.82, 2.24) is 18.8 Å². The molecule has 23 heavy (non-hydrogen) atoms. The quantitative estimate of drug-likeness (QED) is 0.887. The van der Waals surface area contributed by atoms with E-state index in [2.05, 4.69) is 9.82 Å². The number of hydrogen-bond acceptors (Lipinski definition) is 4. The van der Waals surface area contributed by atoms with Gasteiger partial charge in [0.1, 0.15) is 0 Å². The van der Waals surface area contributed by atoms with Crippen molar-refractivity contribution < 1.29 is 21.6 Å². The van der Waals surface area contributed by atoms with Crippen molar-refractivity contribution in [1.29, 1.82) is 0 Å². The van der Waals surface area contributed by atoms with Crippen LogP contribution in [0.1, 0.15) is 17.3 Å². The smallest absolute Gasteiger partial charge is 0.195 e. The highest BCUT2D eigenvalue weighted by Gasteiger charge is 2.32. The number of aromatic nitrogens is 2. The summed E-state index contributed by atoms with van der Waals surface area (Å²) >= 11 is 1.31. The summed E-state index contributed by atoms with van der Waals surface area (Å²) in [5, 5.41) is 4.99. The van der Waals surface area contributed by atoms with E-state index < -0.39 is 16.5 Å². The van der Waals surface area contributed by atoms with Crippen LogP contribution in [0.5, 0.6) is 0 Å². The molecule has 1 aliphatic rings. The Kier molecular flexibility index (Phi) is 3.99. The fraction of sp³-hybridized carbons (Fsp3) is 0.417. The Balaban J connectivity index is 1.82. The van der Waals surface area contributed by atoms with E-state index >= 15 is 0 Å². The molecule has 1 aliphatic heterocycles. The predicted octanol–water partition coefficient (Wildman–Crippen LogP) is 2.30. The first kappa shape index (κ1) is 16.4. The van der Waals surface area contributed by atoms with Crippen molar-refractivity contribution >= 4 is 21.5 Å². The van der Waals surface area contributed by atoms with Crippen LogP contribution >= 0.6 is 11.3 Å². The molecule has 1 saturated heterocycles. The molecule has 3 rings (SSSR count). The van der Waals surface area contributed by atoms with Crippen molar-refractivity contribution in [3.63, 3.8) is 0 Å². The lowest BCUT2D eigenvalue weighted by Crippen LogP contribution is -2.46. The van der Waals surface area contributed by atoms with Gasteiger partial charge in [-0.25, -0.2) is 0 Å². The Hall–Kier alpha value is -1.43. The van der Waals surface area contributed by atoms with Crippen LogP contribution in [0.2, 0.25) is 0 Å².